The highest BCUT2D eigenvalue weighted by Gasteiger charge is 2.21. The normalized spacial score (nSPS) is 14.9. The van der Waals surface area contributed by atoms with Crippen LogP contribution in [0.4, 0.5) is 17.5 Å². The molecular weight excluding hydrogens is 392 g/mol. The maximum Gasteiger partial charge on any atom is 0.214 e. The van der Waals surface area contributed by atoms with Crippen LogP contribution < -0.4 is 5.32 Å². The molecule has 0 atom stereocenters. The molecule has 4 nitrogen and oxygen atoms in total. The third kappa shape index (κ3) is 4.34. The van der Waals surface area contributed by atoms with Crippen LogP contribution in [-0.4, -0.2) is 15.8 Å². The number of aliphatic imine (C=N–C) groups is 1. The minimum atomic E-state index is 0.365. The Kier molecular flexibility index (Phi) is 6.34. The van der Waals surface area contributed by atoms with Gasteiger partial charge in [0.2, 0.25) is 5.95 Å². The largest absolute Gasteiger partial charge is 0.325 e. The molecule has 1 saturated carbocycles. The molecule has 1 N–H and O–H groups in total. The molecule has 5 heteroatoms. The number of aromatic nitrogens is 2. The monoisotopic (exact) mass is 418 g/mol. The second-order valence-electron chi connectivity index (χ2n) is 7.65. The molecule has 30 heavy (non-hydrogen) atoms. The molecule has 0 spiro atoms. The van der Waals surface area contributed by atoms with Gasteiger partial charge in [0, 0.05) is 11.9 Å². The van der Waals surface area contributed by atoms with Gasteiger partial charge in [0.15, 0.2) is 5.82 Å². The maximum absolute atomic E-state index is 6.27. The van der Waals surface area contributed by atoms with Gasteiger partial charge in [-0.2, -0.15) is 0 Å². The van der Waals surface area contributed by atoms with Crippen molar-refractivity contribution in [2.45, 2.75) is 44.9 Å². The molecular formula is C25H27ClN4. The van der Waals surface area contributed by atoms with E-state index in [-0.39, 0.29) is 0 Å². The number of hydrogen-bond donors (Lipinski definition) is 1. The molecule has 0 saturated heterocycles. The second-order valence-corrected chi connectivity index (χ2v) is 8.11. The van der Waals surface area contributed by atoms with Crippen LogP contribution in [0, 0.1) is 0 Å². The van der Waals surface area contributed by atoms with Gasteiger partial charge in [-0.3, -0.25) is 4.57 Å². The Bertz CT molecular complexity index is 1030. The Morgan fingerprint density at radius 1 is 1.10 bits per heavy atom. The summed E-state index contributed by atoms with van der Waals surface area (Å²) >= 11 is 6.27. The smallest absolute Gasteiger partial charge is 0.214 e. The van der Waals surface area contributed by atoms with Crippen LogP contribution in [0.3, 0.4) is 0 Å². The third-order valence-corrected chi connectivity index (χ3v) is 5.80. The summed E-state index contributed by atoms with van der Waals surface area (Å²) < 4.78 is 2.00. The summed E-state index contributed by atoms with van der Waals surface area (Å²) in [4.78, 5) is 9.29. The van der Waals surface area contributed by atoms with E-state index in [1.807, 2.05) is 41.8 Å². The minimum absolute atomic E-state index is 0.365. The van der Waals surface area contributed by atoms with Crippen LogP contribution in [0.25, 0.3) is 10.7 Å². The zero-order valence-corrected chi connectivity index (χ0v) is 18.1. The highest BCUT2D eigenvalue weighted by Crippen LogP contribution is 2.37. The highest BCUT2D eigenvalue weighted by atomic mass is 35.5. The Hall–Kier alpha value is -2.85. The molecule has 0 aliphatic heterocycles. The molecule has 0 unspecified atom stereocenters. The number of imidazole rings is 1. The molecule has 0 bridgehead atoms. The van der Waals surface area contributed by atoms with Gasteiger partial charge in [-0.15, -0.1) is 0 Å². The van der Waals surface area contributed by atoms with E-state index in [1.54, 1.807) is 6.21 Å². The summed E-state index contributed by atoms with van der Waals surface area (Å²) in [5.74, 6) is 1.99. The number of hydrogen-bond acceptors (Lipinski definition) is 3. The zero-order valence-electron chi connectivity index (χ0n) is 17.3. The van der Waals surface area contributed by atoms with E-state index in [0.717, 1.165) is 11.4 Å². The average Bonchev–Trinajstić information content (AvgIpc) is 3.13. The fraction of sp³-hybridized carbons (Fsp3) is 0.280. The standard InChI is InChI=1S/C25H27ClN4/c1-3-27-24-23(18(2)26)29-25(28-21-12-8-5-9-13-21)30(24)22-16-14-20(15-17-22)19-10-6-4-7-11-19/h3,5,8-9,12-17,19H,2,4,6-7,10-11H2,1H3,(H,28,29)/b27-3-. The van der Waals surface area contributed by atoms with Gasteiger partial charge in [-0.25, -0.2) is 9.98 Å². The first-order chi connectivity index (χ1) is 14.7. The van der Waals surface area contributed by atoms with Crippen LogP contribution in [0.1, 0.15) is 56.2 Å². The summed E-state index contributed by atoms with van der Waals surface area (Å²) in [6.45, 7) is 5.77. The Balaban J connectivity index is 1.77. The lowest BCUT2D eigenvalue weighted by Crippen LogP contribution is -2.05. The summed E-state index contributed by atoms with van der Waals surface area (Å²) in [7, 11) is 0. The lowest BCUT2D eigenvalue weighted by molar-refractivity contribution is 0.443. The fourth-order valence-electron chi connectivity index (χ4n) is 4.15. The molecule has 1 fully saturated rings. The van der Waals surface area contributed by atoms with Gasteiger partial charge in [-0.1, -0.05) is 67.8 Å². The number of benzene rings is 2. The molecule has 1 aliphatic rings. The van der Waals surface area contributed by atoms with Gasteiger partial charge < -0.3 is 5.32 Å². The average molecular weight is 419 g/mol. The molecule has 4 rings (SSSR count). The van der Waals surface area contributed by atoms with Crippen molar-refractivity contribution in [3.63, 3.8) is 0 Å². The van der Waals surface area contributed by atoms with E-state index in [9.17, 15) is 0 Å². The van der Waals surface area contributed by atoms with Crippen LogP contribution in [0.15, 0.2) is 66.2 Å². The first-order valence-corrected chi connectivity index (χ1v) is 10.9. The molecule has 0 radical (unpaired) electrons. The molecule has 154 valence electrons. The molecule has 0 amide bonds. The predicted octanol–water partition coefficient (Wildman–Crippen LogP) is 7.60. The van der Waals surface area contributed by atoms with Crippen molar-refractivity contribution >= 4 is 40.3 Å². The molecule has 1 heterocycles. The fourth-order valence-corrected chi connectivity index (χ4v) is 4.27. The summed E-state index contributed by atoms with van der Waals surface area (Å²) in [5, 5.41) is 3.77. The quantitative estimate of drug-likeness (QED) is 0.419. The number of nitrogens with one attached hydrogen (secondary N) is 1. The van der Waals surface area contributed by atoms with Gasteiger partial charge in [0.05, 0.1) is 10.7 Å². The van der Waals surface area contributed by atoms with Gasteiger partial charge >= 0.3 is 0 Å². The number of anilines is 2. The molecule has 3 aromatic rings. The second kappa shape index (κ2) is 9.31. The number of rotatable bonds is 6. The van der Waals surface area contributed by atoms with Crippen molar-refractivity contribution in [1.29, 1.82) is 0 Å². The Labute approximate surface area is 183 Å². The van der Waals surface area contributed by atoms with Crippen LogP contribution in [-0.2, 0) is 0 Å². The third-order valence-electron chi connectivity index (χ3n) is 5.62. The molecule has 1 aliphatic carbocycles. The van der Waals surface area contributed by atoms with E-state index in [1.165, 1.54) is 37.7 Å². The van der Waals surface area contributed by atoms with Crippen LogP contribution in [0.5, 0.6) is 0 Å². The SMILES string of the molecule is C=C(Cl)c1nc(Nc2ccccc2)n(-c2ccc(C3CCCCC3)cc2)c1/N=C\C. The van der Waals surface area contributed by atoms with Gasteiger partial charge in [0.1, 0.15) is 5.69 Å². The predicted molar refractivity (Wildman–Crippen MR) is 128 cm³/mol. The van der Waals surface area contributed by atoms with Crippen molar-refractivity contribution in [3.8, 4) is 5.69 Å². The van der Waals surface area contributed by atoms with E-state index >= 15 is 0 Å². The lowest BCUT2D eigenvalue weighted by Gasteiger charge is -2.22. The first kappa shape index (κ1) is 20.4. The summed E-state index contributed by atoms with van der Waals surface area (Å²) in [6.07, 6.45) is 8.34. The van der Waals surface area contributed by atoms with Gasteiger partial charge in [0.25, 0.3) is 0 Å². The van der Waals surface area contributed by atoms with Crippen molar-refractivity contribution in [1.82, 2.24) is 9.55 Å². The van der Waals surface area contributed by atoms with Crippen molar-refractivity contribution in [2.75, 3.05) is 5.32 Å². The van der Waals surface area contributed by atoms with E-state index in [0.29, 0.717) is 28.4 Å². The minimum Gasteiger partial charge on any atom is -0.325 e. The highest BCUT2D eigenvalue weighted by molar-refractivity contribution is 6.48. The van der Waals surface area contributed by atoms with E-state index in [2.05, 4.69) is 41.2 Å². The van der Waals surface area contributed by atoms with Crippen molar-refractivity contribution < 1.29 is 0 Å². The topological polar surface area (TPSA) is 42.2 Å². The maximum atomic E-state index is 6.27. The van der Waals surface area contributed by atoms with E-state index < -0.39 is 0 Å². The van der Waals surface area contributed by atoms with Crippen molar-refractivity contribution in [3.05, 3.63) is 72.4 Å². The zero-order chi connectivity index (χ0) is 20.9. The van der Waals surface area contributed by atoms with Gasteiger partial charge in [-0.05, 0) is 55.5 Å². The molecule has 2 aromatic carbocycles. The first-order valence-electron chi connectivity index (χ1n) is 10.6. The summed E-state index contributed by atoms with van der Waals surface area (Å²) in [5.41, 5.74) is 3.93. The van der Waals surface area contributed by atoms with E-state index in [4.69, 9.17) is 16.6 Å². The lowest BCUT2D eigenvalue weighted by atomic mass is 9.84. The summed E-state index contributed by atoms with van der Waals surface area (Å²) in [6, 6.07) is 18.8. The number of nitrogens with zero attached hydrogens (tertiary/aromatic N) is 3. The Morgan fingerprint density at radius 2 is 1.80 bits per heavy atom. The Morgan fingerprint density at radius 3 is 2.43 bits per heavy atom. The van der Waals surface area contributed by atoms with Crippen LogP contribution >= 0.6 is 11.6 Å². The number of halogens is 1. The van der Waals surface area contributed by atoms with Crippen LogP contribution in [0.2, 0.25) is 0 Å². The molecule has 1 aromatic heterocycles. The van der Waals surface area contributed by atoms with Crippen molar-refractivity contribution in [2.24, 2.45) is 4.99 Å². The number of para-hydroxylation sites is 1.